The zero-order valence-electron chi connectivity index (χ0n) is 16.5. The first kappa shape index (κ1) is 20.6. The summed E-state index contributed by atoms with van der Waals surface area (Å²) in [6, 6.07) is 8.30. The lowest BCUT2D eigenvalue weighted by Crippen LogP contribution is -2.40. The minimum absolute atomic E-state index is 0.232. The molecule has 0 aliphatic carbocycles. The van der Waals surface area contributed by atoms with E-state index >= 15 is 0 Å². The molecule has 0 fully saturated rings. The third-order valence-electron chi connectivity index (χ3n) is 4.79. The highest BCUT2D eigenvalue weighted by atomic mass is 16.5. The van der Waals surface area contributed by atoms with Crippen molar-refractivity contribution < 1.29 is 9.84 Å². The Morgan fingerprint density at radius 1 is 1.31 bits per heavy atom. The van der Waals surface area contributed by atoms with Crippen molar-refractivity contribution in [2.24, 2.45) is 16.8 Å². The van der Waals surface area contributed by atoms with Crippen LogP contribution in [-0.2, 0) is 0 Å². The van der Waals surface area contributed by atoms with Crippen molar-refractivity contribution in [3.63, 3.8) is 0 Å². The molecular weight excluding hydrogens is 326 g/mol. The van der Waals surface area contributed by atoms with E-state index in [1.165, 1.54) is 5.56 Å². The summed E-state index contributed by atoms with van der Waals surface area (Å²) in [5.41, 5.74) is 1.28. The Bertz CT molecular complexity index is 560. The summed E-state index contributed by atoms with van der Waals surface area (Å²) >= 11 is 0. The first-order valence-electron chi connectivity index (χ1n) is 9.98. The van der Waals surface area contributed by atoms with Crippen LogP contribution < -0.4 is 15.4 Å². The second-order valence-electron chi connectivity index (χ2n) is 7.48. The van der Waals surface area contributed by atoms with Crippen LogP contribution in [0.5, 0.6) is 5.75 Å². The van der Waals surface area contributed by atoms with Crippen LogP contribution in [0.2, 0.25) is 0 Å². The van der Waals surface area contributed by atoms with Gasteiger partial charge in [0.05, 0.1) is 6.61 Å². The average molecular weight is 362 g/mol. The molecule has 2 rings (SSSR count). The summed E-state index contributed by atoms with van der Waals surface area (Å²) in [4.78, 5) is 4.78. The van der Waals surface area contributed by atoms with E-state index in [0.29, 0.717) is 17.8 Å². The third-order valence-corrected chi connectivity index (χ3v) is 4.79. The predicted molar refractivity (Wildman–Crippen MR) is 108 cm³/mol. The number of nitrogens with one attached hydrogen (secondary N) is 2. The number of guanidine groups is 1. The van der Waals surface area contributed by atoms with Crippen LogP contribution in [0.15, 0.2) is 29.3 Å². The van der Waals surface area contributed by atoms with Crippen LogP contribution in [0.3, 0.4) is 0 Å². The first-order chi connectivity index (χ1) is 12.6. The maximum Gasteiger partial charge on any atom is 0.191 e. The third kappa shape index (κ3) is 6.52. The van der Waals surface area contributed by atoms with E-state index in [9.17, 15) is 5.11 Å². The molecule has 1 aromatic carbocycles. The standard InChI is InChI=1S/C21H35N3O2/c1-4-22-21(23-14-17(9-11-25)13-16(2)3)24-15-18-10-12-26-20-8-6-5-7-19(18)20/h5-8,16-18,25H,4,9-15H2,1-3H3,(H2,22,23,24). The van der Waals surface area contributed by atoms with E-state index in [1.54, 1.807) is 0 Å². The average Bonchev–Trinajstić information content (AvgIpc) is 2.63. The van der Waals surface area contributed by atoms with Gasteiger partial charge in [0.15, 0.2) is 5.96 Å². The number of fused-ring (bicyclic) bond motifs is 1. The number of aliphatic hydroxyl groups excluding tert-OH is 1. The van der Waals surface area contributed by atoms with Gasteiger partial charge in [-0.1, -0.05) is 32.0 Å². The number of rotatable bonds is 9. The van der Waals surface area contributed by atoms with Crippen LogP contribution in [0.4, 0.5) is 0 Å². The van der Waals surface area contributed by atoms with Gasteiger partial charge in [-0.25, -0.2) is 0 Å². The highest BCUT2D eigenvalue weighted by Gasteiger charge is 2.21. The van der Waals surface area contributed by atoms with Crippen LogP contribution in [-0.4, -0.2) is 43.9 Å². The van der Waals surface area contributed by atoms with E-state index in [0.717, 1.165) is 57.2 Å². The van der Waals surface area contributed by atoms with Crippen molar-refractivity contribution in [3.05, 3.63) is 29.8 Å². The monoisotopic (exact) mass is 361 g/mol. The molecule has 1 aromatic rings. The van der Waals surface area contributed by atoms with Gasteiger partial charge in [0, 0.05) is 32.2 Å². The fraction of sp³-hybridized carbons (Fsp3) is 0.667. The number of benzene rings is 1. The van der Waals surface area contributed by atoms with Crippen molar-refractivity contribution >= 4 is 5.96 Å². The molecule has 0 spiro atoms. The molecule has 26 heavy (non-hydrogen) atoms. The largest absolute Gasteiger partial charge is 0.493 e. The molecule has 1 heterocycles. The zero-order valence-corrected chi connectivity index (χ0v) is 16.5. The number of aliphatic imine (C=N–C) groups is 1. The van der Waals surface area contributed by atoms with E-state index in [1.807, 2.05) is 12.1 Å². The van der Waals surface area contributed by atoms with E-state index in [-0.39, 0.29) is 6.61 Å². The molecule has 0 saturated heterocycles. The Morgan fingerprint density at radius 2 is 2.12 bits per heavy atom. The molecule has 2 atom stereocenters. The summed E-state index contributed by atoms with van der Waals surface area (Å²) < 4.78 is 5.75. The second kappa shape index (κ2) is 11.1. The summed E-state index contributed by atoms with van der Waals surface area (Å²) in [6.07, 6.45) is 2.93. The molecule has 0 aromatic heterocycles. The number of ether oxygens (including phenoxy) is 1. The Hall–Kier alpha value is -1.75. The summed E-state index contributed by atoms with van der Waals surface area (Å²) in [7, 11) is 0. The number of hydrogen-bond acceptors (Lipinski definition) is 3. The van der Waals surface area contributed by atoms with Crippen molar-refractivity contribution in [1.82, 2.24) is 10.6 Å². The Morgan fingerprint density at radius 3 is 2.85 bits per heavy atom. The Kier molecular flexibility index (Phi) is 8.75. The van der Waals surface area contributed by atoms with Crippen LogP contribution >= 0.6 is 0 Å². The Balaban J connectivity index is 1.95. The summed E-state index contributed by atoms with van der Waals surface area (Å²) in [6.45, 7) is 9.96. The van der Waals surface area contributed by atoms with Gasteiger partial charge in [-0.3, -0.25) is 4.99 Å². The fourth-order valence-electron chi connectivity index (χ4n) is 3.54. The molecule has 146 valence electrons. The van der Waals surface area contributed by atoms with Gasteiger partial charge >= 0.3 is 0 Å². The molecule has 0 radical (unpaired) electrons. The lowest BCUT2D eigenvalue weighted by Gasteiger charge is -2.26. The maximum atomic E-state index is 9.29. The number of para-hydroxylation sites is 1. The lowest BCUT2D eigenvalue weighted by molar-refractivity contribution is 0.245. The van der Waals surface area contributed by atoms with Crippen LogP contribution in [0.1, 0.15) is 51.5 Å². The van der Waals surface area contributed by atoms with Gasteiger partial charge in [0.1, 0.15) is 5.75 Å². The first-order valence-corrected chi connectivity index (χ1v) is 9.98. The molecule has 5 nitrogen and oxygen atoms in total. The molecular formula is C21H35N3O2. The van der Waals surface area contributed by atoms with Crippen LogP contribution in [0, 0.1) is 11.8 Å². The van der Waals surface area contributed by atoms with E-state index in [2.05, 4.69) is 43.5 Å². The number of aliphatic hydroxyl groups is 1. The minimum atomic E-state index is 0.232. The van der Waals surface area contributed by atoms with Crippen molar-refractivity contribution in [1.29, 1.82) is 0 Å². The molecule has 0 saturated carbocycles. The smallest absolute Gasteiger partial charge is 0.191 e. The molecule has 3 N–H and O–H groups in total. The molecule has 0 bridgehead atoms. The van der Waals surface area contributed by atoms with Gasteiger partial charge in [0.25, 0.3) is 0 Å². The normalized spacial score (nSPS) is 18.2. The summed E-state index contributed by atoms with van der Waals surface area (Å²) in [5, 5.41) is 16.1. The minimum Gasteiger partial charge on any atom is -0.493 e. The topological polar surface area (TPSA) is 65.9 Å². The molecule has 1 aliphatic rings. The molecule has 2 unspecified atom stereocenters. The Labute approximate surface area is 158 Å². The van der Waals surface area contributed by atoms with E-state index in [4.69, 9.17) is 9.73 Å². The molecule has 1 aliphatic heterocycles. The zero-order chi connectivity index (χ0) is 18.8. The van der Waals surface area contributed by atoms with Gasteiger partial charge in [-0.2, -0.15) is 0 Å². The maximum absolute atomic E-state index is 9.29. The van der Waals surface area contributed by atoms with Gasteiger partial charge in [-0.05, 0) is 49.7 Å². The molecule has 5 heteroatoms. The van der Waals surface area contributed by atoms with Gasteiger partial charge in [0.2, 0.25) is 0 Å². The van der Waals surface area contributed by atoms with Crippen molar-refractivity contribution in [3.8, 4) is 5.75 Å². The predicted octanol–water partition coefficient (Wildman–Crippen LogP) is 3.15. The highest BCUT2D eigenvalue weighted by Crippen LogP contribution is 2.32. The highest BCUT2D eigenvalue weighted by molar-refractivity contribution is 5.79. The SMILES string of the molecule is CCNC(=NCC(CCO)CC(C)C)NCC1CCOc2ccccc21. The number of nitrogens with zero attached hydrogens (tertiary/aromatic N) is 1. The van der Waals surface area contributed by atoms with Crippen molar-refractivity contribution in [2.45, 2.75) is 46.0 Å². The lowest BCUT2D eigenvalue weighted by atomic mass is 9.93. The summed E-state index contributed by atoms with van der Waals surface area (Å²) in [5.74, 6) is 3.36. The van der Waals surface area contributed by atoms with Crippen molar-refractivity contribution in [2.75, 3.05) is 32.8 Å². The molecule has 0 amide bonds. The van der Waals surface area contributed by atoms with E-state index < -0.39 is 0 Å². The quantitative estimate of drug-likeness (QED) is 0.467. The number of hydrogen-bond donors (Lipinski definition) is 3. The second-order valence-corrected chi connectivity index (χ2v) is 7.48. The van der Waals surface area contributed by atoms with Gasteiger partial charge in [-0.15, -0.1) is 0 Å². The van der Waals surface area contributed by atoms with Gasteiger partial charge < -0.3 is 20.5 Å². The fourth-order valence-corrected chi connectivity index (χ4v) is 3.54. The van der Waals surface area contributed by atoms with Crippen LogP contribution in [0.25, 0.3) is 0 Å².